The Hall–Kier alpha value is -2.52. The molecule has 4 aromatic rings. The van der Waals surface area contributed by atoms with Crippen LogP contribution in [0.25, 0.3) is 21.1 Å². The molecule has 0 N–H and O–H groups in total. The highest BCUT2D eigenvalue weighted by Gasteiger charge is 2.19. The molecule has 144 valence electrons. The number of benzene rings is 1. The molecule has 4 rings (SSSR count). The van der Waals surface area contributed by atoms with Gasteiger partial charge in [-0.05, 0) is 45.4 Å². The van der Waals surface area contributed by atoms with Gasteiger partial charge in [-0.3, -0.25) is 14.2 Å². The Balaban J connectivity index is 1.78. The molecule has 0 unspecified atom stereocenters. The average molecular weight is 414 g/mol. The van der Waals surface area contributed by atoms with Gasteiger partial charge in [0, 0.05) is 10.9 Å². The van der Waals surface area contributed by atoms with E-state index >= 15 is 0 Å². The lowest BCUT2D eigenvalue weighted by Crippen LogP contribution is -2.26. The van der Waals surface area contributed by atoms with E-state index < -0.39 is 0 Å². The standard InChI is InChI=1S/C19H19N5O2S2/c1-10(2)24-18(26)15-11(3)12(4)28-16(15)20-19(24)27-9-23-17(25)13-7-5-6-8-14(13)21-22-23/h5-8,10H,9H2,1-4H3. The van der Waals surface area contributed by atoms with Gasteiger partial charge in [0.15, 0.2) is 5.16 Å². The SMILES string of the molecule is Cc1sc2nc(SCn3nnc4ccccc4c3=O)n(C(C)C)c(=O)c2c1C. The third-order valence-electron chi connectivity index (χ3n) is 4.66. The second kappa shape index (κ2) is 7.14. The number of aromatic nitrogens is 5. The fraction of sp³-hybridized carbons (Fsp3) is 0.316. The molecule has 0 aliphatic heterocycles. The van der Waals surface area contributed by atoms with Crippen LogP contribution in [0.2, 0.25) is 0 Å². The van der Waals surface area contributed by atoms with Crippen molar-refractivity contribution in [3.8, 4) is 0 Å². The Bertz CT molecular complexity index is 1320. The molecule has 0 amide bonds. The molecule has 3 heterocycles. The maximum Gasteiger partial charge on any atom is 0.278 e. The lowest BCUT2D eigenvalue weighted by atomic mass is 10.2. The molecule has 0 atom stereocenters. The van der Waals surface area contributed by atoms with Gasteiger partial charge in [0.1, 0.15) is 10.3 Å². The maximum atomic E-state index is 13.1. The van der Waals surface area contributed by atoms with Crippen LogP contribution in [-0.4, -0.2) is 24.5 Å². The van der Waals surface area contributed by atoms with Crippen LogP contribution in [0.5, 0.6) is 0 Å². The van der Waals surface area contributed by atoms with E-state index in [9.17, 15) is 9.59 Å². The van der Waals surface area contributed by atoms with E-state index in [2.05, 4.69) is 10.3 Å². The molecule has 28 heavy (non-hydrogen) atoms. The predicted octanol–water partition coefficient (Wildman–Crippen LogP) is 3.51. The van der Waals surface area contributed by atoms with Crippen LogP contribution in [-0.2, 0) is 5.88 Å². The van der Waals surface area contributed by atoms with E-state index in [1.807, 2.05) is 33.8 Å². The van der Waals surface area contributed by atoms with Crippen LogP contribution in [0, 0.1) is 13.8 Å². The molecule has 1 aromatic carbocycles. The molecular weight excluding hydrogens is 394 g/mol. The molecule has 0 saturated carbocycles. The highest BCUT2D eigenvalue weighted by Crippen LogP contribution is 2.29. The second-order valence-electron chi connectivity index (χ2n) is 6.81. The molecule has 7 nitrogen and oxygen atoms in total. The number of hydrogen-bond donors (Lipinski definition) is 0. The van der Waals surface area contributed by atoms with E-state index in [0.717, 1.165) is 15.3 Å². The lowest BCUT2D eigenvalue weighted by molar-refractivity contribution is 0.517. The minimum absolute atomic E-state index is 0.0405. The van der Waals surface area contributed by atoms with Crippen LogP contribution in [0.3, 0.4) is 0 Å². The highest BCUT2D eigenvalue weighted by atomic mass is 32.2. The van der Waals surface area contributed by atoms with Gasteiger partial charge in [0.25, 0.3) is 11.1 Å². The summed E-state index contributed by atoms with van der Waals surface area (Å²) in [4.78, 5) is 32.3. The summed E-state index contributed by atoms with van der Waals surface area (Å²) in [6.45, 7) is 7.86. The Morgan fingerprint density at radius 2 is 1.89 bits per heavy atom. The zero-order chi connectivity index (χ0) is 20.0. The molecule has 3 aromatic heterocycles. The molecule has 0 aliphatic carbocycles. The first kappa shape index (κ1) is 18.8. The van der Waals surface area contributed by atoms with Crippen molar-refractivity contribution >= 4 is 44.2 Å². The van der Waals surface area contributed by atoms with E-state index in [0.29, 0.717) is 21.4 Å². The van der Waals surface area contributed by atoms with Crippen molar-refractivity contribution in [3.05, 3.63) is 55.4 Å². The van der Waals surface area contributed by atoms with E-state index in [4.69, 9.17) is 4.98 Å². The average Bonchev–Trinajstić information content (AvgIpc) is 2.95. The molecule has 0 aliphatic rings. The first-order valence-electron chi connectivity index (χ1n) is 8.86. The number of fused-ring (bicyclic) bond motifs is 2. The van der Waals surface area contributed by atoms with Crippen molar-refractivity contribution in [2.75, 3.05) is 0 Å². The van der Waals surface area contributed by atoms with Gasteiger partial charge in [-0.25, -0.2) is 4.98 Å². The summed E-state index contributed by atoms with van der Waals surface area (Å²) in [5.41, 5.74) is 1.30. The van der Waals surface area contributed by atoms with Crippen molar-refractivity contribution in [1.82, 2.24) is 24.5 Å². The summed E-state index contributed by atoms with van der Waals surface area (Å²) in [7, 11) is 0. The Labute approximate surface area is 169 Å². The summed E-state index contributed by atoms with van der Waals surface area (Å²) in [6.07, 6.45) is 0. The van der Waals surface area contributed by atoms with Crippen molar-refractivity contribution < 1.29 is 0 Å². The maximum absolute atomic E-state index is 13.1. The Morgan fingerprint density at radius 1 is 1.14 bits per heavy atom. The van der Waals surface area contributed by atoms with Crippen LogP contribution in [0.15, 0.2) is 39.0 Å². The monoisotopic (exact) mass is 413 g/mol. The summed E-state index contributed by atoms with van der Waals surface area (Å²) in [5.74, 6) is 0.227. The normalized spacial score (nSPS) is 11.8. The fourth-order valence-electron chi connectivity index (χ4n) is 3.07. The van der Waals surface area contributed by atoms with Crippen molar-refractivity contribution in [2.45, 2.75) is 44.8 Å². The van der Waals surface area contributed by atoms with Gasteiger partial charge in [0.05, 0.1) is 16.6 Å². The zero-order valence-electron chi connectivity index (χ0n) is 16.0. The van der Waals surface area contributed by atoms with Crippen LogP contribution in [0.1, 0.15) is 30.3 Å². The number of thiophene rings is 1. The van der Waals surface area contributed by atoms with Gasteiger partial charge in [-0.2, -0.15) is 4.68 Å². The first-order chi connectivity index (χ1) is 13.4. The third-order valence-corrected chi connectivity index (χ3v) is 6.69. The van der Waals surface area contributed by atoms with Gasteiger partial charge in [-0.15, -0.1) is 16.4 Å². The summed E-state index contributed by atoms with van der Waals surface area (Å²) < 4.78 is 2.99. The molecule has 0 bridgehead atoms. The predicted molar refractivity (Wildman–Crippen MR) is 113 cm³/mol. The van der Waals surface area contributed by atoms with Crippen LogP contribution >= 0.6 is 23.1 Å². The number of hydrogen-bond acceptors (Lipinski definition) is 7. The van der Waals surface area contributed by atoms with E-state index in [1.54, 1.807) is 22.8 Å². The quantitative estimate of drug-likeness (QED) is 0.376. The van der Waals surface area contributed by atoms with Gasteiger partial charge in [-0.1, -0.05) is 29.1 Å². The topological polar surface area (TPSA) is 82.7 Å². The Morgan fingerprint density at radius 3 is 2.64 bits per heavy atom. The second-order valence-corrected chi connectivity index (χ2v) is 8.93. The van der Waals surface area contributed by atoms with Gasteiger partial charge < -0.3 is 0 Å². The van der Waals surface area contributed by atoms with E-state index in [1.165, 1.54) is 27.8 Å². The minimum atomic E-state index is -0.208. The van der Waals surface area contributed by atoms with Gasteiger partial charge in [0.2, 0.25) is 0 Å². The number of rotatable bonds is 4. The number of nitrogens with zero attached hydrogens (tertiary/aromatic N) is 5. The molecule has 0 spiro atoms. The smallest absolute Gasteiger partial charge is 0.278 e. The van der Waals surface area contributed by atoms with E-state index in [-0.39, 0.29) is 23.0 Å². The lowest BCUT2D eigenvalue weighted by Gasteiger charge is -2.15. The molecule has 9 heteroatoms. The zero-order valence-corrected chi connectivity index (χ0v) is 17.6. The molecule has 0 saturated heterocycles. The summed E-state index contributed by atoms with van der Waals surface area (Å²) >= 11 is 2.83. The van der Waals surface area contributed by atoms with Crippen molar-refractivity contribution in [2.24, 2.45) is 0 Å². The minimum Gasteiger partial charge on any atom is -0.284 e. The first-order valence-corrected chi connectivity index (χ1v) is 10.7. The third kappa shape index (κ3) is 3.04. The van der Waals surface area contributed by atoms with Crippen molar-refractivity contribution in [1.29, 1.82) is 0 Å². The van der Waals surface area contributed by atoms with Crippen LogP contribution in [0.4, 0.5) is 0 Å². The van der Waals surface area contributed by atoms with Gasteiger partial charge >= 0.3 is 0 Å². The summed E-state index contributed by atoms with van der Waals surface area (Å²) in [5, 5.41) is 9.91. The Kier molecular flexibility index (Phi) is 4.80. The fourth-order valence-corrected chi connectivity index (χ4v) is 5.14. The number of aryl methyl sites for hydroxylation is 2. The van der Waals surface area contributed by atoms with Crippen molar-refractivity contribution in [3.63, 3.8) is 0 Å². The summed E-state index contributed by atoms with van der Waals surface area (Å²) in [6, 6.07) is 7.07. The largest absolute Gasteiger partial charge is 0.284 e. The highest BCUT2D eigenvalue weighted by molar-refractivity contribution is 7.98. The molecule has 0 radical (unpaired) electrons. The van der Waals surface area contributed by atoms with Crippen LogP contribution < -0.4 is 11.1 Å². The number of thioether (sulfide) groups is 1. The molecule has 0 fully saturated rings. The molecular formula is C19H19N5O2S2.